The number of thiazole rings is 1. The Kier molecular flexibility index (Phi) is 2.22. The van der Waals surface area contributed by atoms with Crippen LogP contribution in [0.5, 0.6) is 5.06 Å². The van der Waals surface area contributed by atoms with Crippen LogP contribution >= 0.6 is 11.3 Å². The zero-order valence-electron chi connectivity index (χ0n) is 4.98. The van der Waals surface area contributed by atoms with Crippen molar-refractivity contribution in [2.24, 2.45) is 0 Å². The fourth-order valence-corrected chi connectivity index (χ4v) is 0.883. The molecule has 1 aromatic heterocycles. The van der Waals surface area contributed by atoms with Crippen LogP contribution in [0.4, 0.5) is 0 Å². The van der Waals surface area contributed by atoms with Crippen LogP contribution in [-0.2, 0) is 4.79 Å². The Hall–Kier alpha value is -1.10. The third kappa shape index (κ3) is 2.02. The van der Waals surface area contributed by atoms with Gasteiger partial charge in [0, 0.05) is 0 Å². The molecule has 0 aliphatic rings. The van der Waals surface area contributed by atoms with Gasteiger partial charge in [-0.05, 0) is 0 Å². The van der Waals surface area contributed by atoms with Crippen molar-refractivity contribution in [2.45, 2.75) is 0 Å². The van der Waals surface area contributed by atoms with Crippen LogP contribution in [0.2, 0.25) is 0 Å². The van der Waals surface area contributed by atoms with Crippen molar-refractivity contribution < 1.29 is 14.6 Å². The Bertz CT molecular complexity index is 209. The van der Waals surface area contributed by atoms with E-state index >= 15 is 0 Å². The minimum atomic E-state index is -0.978. The Morgan fingerprint density at radius 1 is 1.90 bits per heavy atom. The first-order valence-electron chi connectivity index (χ1n) is 2.52. The molecule has 0 unspecified atom stereocenters. The van der Waals surface area contributed by atoms with Gasteiger partial charge in [-0.15, -0.1) is 0 Å². The second-order valence-electron chi connectivity index (χ2n) is 1.50. The third-order valence-corrected chi connectivity index (χ3v) is 1.43. The molecule has 0 radical (unpaired) electrons. The van der Waals surface area contributed by atoms with Gasteiger partial charge >= 0.3 is 5.97 Å². The number of nitrogens with zero attached hydrogens (tertiary/aromatic N) is 1. The van der Waals surface area contributed by atoms with Gasteiger partial charge in [-0.1, -0.05) is 11.3 Å². The summed E-state index contributed by atoms with van der Waals surface area (Å²) >= 11 is 1.27. The molecule has 0 fully saturated rings. The van der Waals surface area contributed by atoms with E-state index in [0.717, 1.165) is 0 Å². The summed E-state index contributed by atoms with van der Waals surface area (Å²) in [6.45, 7) is -0.303. The smallest absolute Gasteiger partial charge is 0.341 e. The molecule has 0 bridgehead atoms. The minimum absolute atomic E-state index is 0.303. The van der Waals surface area contributed by atoms with E-state index in [0.29, 0.717) is 5.06 Å². The van der Waals surface area contributed by atoms with E-state index in [1.54, 1.807) is 5.51 Å². The highest BCUT2D eigenvalue weighted by atomic mass is 32.1. The third-order valence-electron chi connectivity index (χ3n) is 0.748. The number of carbonyl (C=O) groups is 1. The summed E-state index contributed by atoms with van der Waals surface area (Å²) in [5.41, 5.74) is 1.58. The molecule has 54 valence electrons. The molecule has 4 nitrogen and oxygen atoms in total. The number of aliphatic carboxylic acids is 1. The van der Waals surface area contributed by atoms with Crippen molar-refractivity contribution in [1.82, 2.24) is 4.98 Å². The standard InChI is InChI=1S/C5H5NO3S/c7-4(8)2-9-5-1-6-3-10-5/h1,3H,2H2,(H,7,8). The number of hydrogen-bond acceptors (Lipinski definition) is 4. The lowest BCUT2D eigenvalue weighted by Crippen LogP contribution is -2.08. The Balaban J connectivity index is 2.35. The fourth-order valence-electron chi connectivity index (χ4n) is 0.408. The summed E-state index contributed by atoms with van der Waals surface area (Å²) in [4.78, 5) is 13.7. The van der Waals surface area contributed by atoms with Crippen molar-refractivity contribution >= 4 is 17.3 Å². The Morgan fingerprint density at radius 2 is 2.70 bits per heavy atom. The summed E-state index contributed by atoms with van der Waals surface area (Å²) in [5.74, 6) is -0.978. The fraction of sp³-hybridized carbons (Fsp3) is 0.200. The summed E-state index contributed by atoms with van der Waals surface area (Å²) in [6, 6.07) is 0. The molecule has 0 aliphatic carbocycles. The van der Waals surface area contributed by atoms with E-state index in [1.807, 2.05) is 0 Å². The predicted molar refractivity (Wildman–Crippen MR) is 35.2 cm³/mol. The molecule has 10 heavy (non-hydrogen) atoms. The zero-order chi connectivity index (χ0) is 7.40. The molecule has 0 aromatic carbocycles. The molecular weight excluding hydrogens is 154 g/mol. The van der Waals surface area contributed by atoms with Crippen molar-refractivity contribution in [3.05, 3.63) is 11.7 Å². The van der Waals surface area contributed by atoms with Gasteiger partial charge in [0.25, 0.3) is 0 Å². The van der Waals surface area contributed by atoms with Crippen LogP contribution in [0.1, 0.15) is 0 Å². The van der Waals surface area contributed by atoms with Crippen molar-refractivity contribution in [1.29, 1.82) is 0 Å². The first-order valence-corrected chi connectivity index (χ1v) is 3.40. The van der Waals surface area contributed by atoms with Gasteiger partial charge in [0.1, 0.15) is 0 Å². The largest absolute Gasteiger partial charge is 0.479 e. The normalized spacial score (nSPS) is 9.20. The lowest BCUT2D eigenvalue weighted by molar-refractivity contribution is -0.139. The molecule has 0 aliphatic heterocycles. The van der Waals surface area contributed by atoms with E-state index in [2.05, 4.69) is 4.98 Å². The highest BCUT2D eigenvalue weighted by Crippen LogP contribution is 2.14. The quantitative estimate of drug-likeness (QED) is 0.701. The summed E-state index contributed by atoms with van der Waals surface area (Å²) in [5, 5.41) is 8.70. The van der Waals surface area contributed by atoms with Crippen LogP contribution in [-0.4, -0.2) is 22.7 Å². The molecule has 0 saturated heterocycles. The molecule has 0 amide bonds. The van der Waals surface area contributed by atoms with Gasteiger partial charge in [-0.3, -0.25) is 0 Å². The lowest BCUT2D eigenvalue weighted by atomic mass is 10.7. The summed E-state index contributed by atoms with van der Waals surface area (Å²) in [7, 11) is 0. The number of carboxylic acid groups (broad SMARTS) is 1. The highest BCUT2D eigenvalue weighted by molar-refractivity contribution is 7.11. The first-order chi connectivity index (χ1) is 4.79. The Labute approximate surface area is 61.1 Å². The maximum Gasteiger partial charge on any atom is 0.341 e. The van der Waals surface area contributed by atoms with Crippen LogP contribution in [0.3, 0.4) is 0 Å². The number of aromatic nitrogens is 1. The van der Waals surface area contributed by atoms with Crippen molar-refractivity contribution in [3.8, 4) is 5.06 Å². The van der Waals surface area contributed by atoms with E-state index in [1.165, 1.54) is 17.5 Å². The van der Waals surface area contributed by atoms with E-state index in [-0.39, 0.29) is 6.61 Å². The summed E-state index contributed by atoms with van der Waals surface area (Å²) in [6.07, 6.45) is 1.48. The van der Waals surface area contributed by atoms with Crippen LogP contribution < -0.4 is 4.74 Å². The number of carboxylic acids is 1. The molecule has 0 saturated carbocycles. The summed E-state index contributed by atoms with van der Waals surface area (Å²) < 4.78 is 4.76. The number of hydrogen-bond donors (Lipinski definition) is 1. The second-order valence-corrected chi connectivity index (χ2v) is 2.35. The van der Waals surface area contributed by atoms with Crippen LogP contribution in [0, 0.1) is 0 Å². The van der Waals surface area contributed by atoms with Gasteiger partial charge < -0.3 is 9.84 Å². The van der Waals surface area contributed by atoms with Gasteiger partial charge in [0.05, 0.1) is 11.7 Å². The zero-order valence-corrected chi connectivity index (χ0v) is 5.80. The molecule has 0 spiro atoms. The number of rotatable bonds is 3. The monoisotopic (exact) mass is 159 g/mol. The molecule has 5 heteroatoms. The first kappa shape index (κ1) is 7.01. The number of ether oxygens (including phenoxy) is 1. The maximum absolute atomic E-state index is 9.95. The average molecular weight is 159 g/mol. The van der Waals surface area contributed by atoms with E-state index in [9.17, 15) is 4.79 Å². The highest BCUT2D eigenvalue weighted by Gasteiger charge is 1.98. The second kappa shape index (κ2) is 3.17. The Morgan fingerprint density at radius 3 is 3.20 bits per heavy atom. The molecule has 1 heterocycles. The average Bonchev–Trinajstić information content (AvgIpc) is 2.34. The predicted octanol–water partition coefficient (Wildman–Crippen LogP) is 0.607. The van der Waals surface area contributed by atoms with Crippen molar-refractivity contribution in [3.63, 3.8) is 0 Å². The minimum Gasteiger partial charge on any atom is -0.479 e. The van der Waals surface area contributed by atoms with Crippen LogP contribution in [0.15, 0.2) is 11.7 Å². The van der Waals surface area contributed by atoms with Gasteiger partial charge in [-0.25, -0.2) is 9.78 Å². The SMILES string of the molecule is O=C(O)COc1cncs1. The molecular formula is C5H5NO3S. The van der Waals surface area contributed by atoms with Gasteiger partial charge in [-0.2, -0.15) is 0 Å². The molecule has 0 atom stereocenters. The topological polar surface area (TPSA) is 59.4 Å². The van der Waals surface area contributed by atoms with Gasteiger partial charge in [0.2, 0.25) is 0 Å². The molecule has 1 N–H and O–H groups in total. The van der Waals surface area contributed by atoms with Crippen LogP contribution in [0.25, 0.3) is 0 Å². The molecule has 1 rings (SSSR count). The van der Waals surface area contributed by atoms with Gasteiger partial charge in [0.15, 0.2) is 11.7 Å². The van der Waals surface area contributed by atoms with E-state index < -0.39 is 5.97 Å². The molecule has 1 aromatic rings. The van der Waals surface area contributed by atoms with E-state index in [4.69, 9.17) is 9.84 Å². The van der Waals surface area contributed by atoms with Crippen molar-refractivity contribution in [2.75, 3.05) is 6.61 Å². The lowest BCUT2D eigenvalue weighted by Gasteiger charge is -1.94. The maximum atomic E-state index is 9.95.